The minimum absolute atomic E-state index is 0.161. The molecule has 2 rings (SSSR count). The van der Waals surface area contributed by atoms with E-state index in [1.165, 1.54) is 6.92 Å². The molecule has 0 spiro atoms. The van der Waals surface area contributed by atoms with E-state index in [1.807, 2.05) is 24.3 Å². The van der Waals surface area contributed by atoms with E-state index in [1.54, 1.807) is 12.4 Å². The Morgan fingerprint density at radius 2 is 1.57 bits per heavy atom. The molecule has 2 heterocycles. The van der Waals surface area contributed by atoms with Gasteiger partial charge in [0.25, 0.3) is 0 Å². The highest BCUT2D eigenvalue weighted by Crippen LogP contribution is 2.08. The van der Waals surface area contributed by atoms with Gasteiger partial charge in [0.15, 0.2) is 0 Å². The van der Waals surface area contributed by atoms with Crippen molar-refractivity contribution >= 4 is 37.8 Å². The summed E-state index contributed by atoms with van der Waals surface area (Å²) in [5.74, 6) is -0.253. The molecule has 0 amide bonds. The van der Waals surface area contributed by atoms with E-state index in [9.17, 15) is 4.79 Å². The lowest BCUT2D eigenvalue weighted by Gasteiger charge is -2.00. The highest BCUT2D eigenvalue weighted by molar-refractivity contribution is 9.10. The second-order valence-electron chi connectivity index (χ2n) is 4.50. The predicted octanol–water partition coefficient (Wildman–Crippen LogP) is 3.33. The van der Waals surface area contributed by atoms with Crippen LogP contribution in [0.1, 0.15) is 18.3 Å². The number of carbonyl (C=O) groups excluding carboxylic acids is 1. The molecule has 0 radical (unpaired) electrons. The number of rotatable bonds is 5. The summed E-state index contributed by atoms with van der Waals surface area (Å²) in [7, 11) is 0. The number of nitrogens with zero attached hydrogens (tertiary/aromatic N) is 2. The van der Waals surface area contributed by atoms with Gasteiger partial charge in [0.1, 0.15) is 0 Å². The summed E-state index contributed by atoms with van der Waals surface area (Å²) in [5.41, 5.74) is 1.84. The lowest BCUT2D eigenvalue weighted by atomic mass is 10.3. The van der Waals surface area contributed by atoms with Crippen molar-refractivity contribution in [2.24, 2.45) is 0 Å². The van der Waals surface area contributed by atoms with Crippen molar-refractivity contribution in [2.45, 2.75) is 19.8 Å². The van der Waals surface area contributed by atoms with E-state index in [0.29, 0.717) is 19.4 Å². The molecule has 0 atom stereocenters. The van der Waals surface area contributed by atoms with E-state index < -0.39 is 0 Å². The van der Waals surface area contributed by atoms with Crippen molar-refractivity contribution < 1.29 is 14.6 Å². The molecule has 0 aromatic carbocycles. The third kappa shape index (κ3) is 9.43. The van der Waals surface area contributed by atoms with Crippen LogP contribution in [0.4, 0.5) is 0 Å². The first-order chi connectivity index (χ1) is 11.0. The fourth-order valence-corrected chi connectivity index (χ4v) is 1.99. The van der Waals surface area contributed by atoms with Gasteiger partial charge in [0.2, 0.25) is 0 Å². The second kappa shape index (κ2) is 11.3. The third-order valence-electron chi connectivity index (χ3n) is 2.61. The maximum Gasteiger partial charge on any atom is 0.302 e. The number of hydrogen-bond acceptors (Lipinski definition) is 5. The standard InChI is InChI=1S/C9H10BrNO2.C7H8BrNO/c1-7(12)13-5-4-9-3-2-8(10)6-11-9;8-6-1-2-7(3-4-10)9-5-6/h2-3,6H,4-5H2,1H3;1-2,5,10H,3-4H2. The van der Waals surface area contributed by atoms with Crippen molar-refractivity contribution in [3.05, 3.63) is 57.0 Å². The van der Waals surface area contributed by atoms with Crippen LogP contribution >= 0.6 is 31.9 Å². The topological polar surface area (TPSA) is 72.3 Å². The molecule has 2 aromatic rings. The maximum absolute atomic E-state index is 10.4. The van der Waals surface area contributed by atoms with Gasteiger partial charge in [-0.25, -0.2) is 0 Å². The summed E-state index contributed by atoms with van der Waals surface area (Å²) < 4.78 is 6.70. The number of aliphatic hydroxyl groups is 1. The van der Waals surface area contributed by atoms with Crippen LogP contribution in [0.3, 0.4) is 0 Å². The smallest absolute Gasteiger partial charge is 0.302 e. The second-order valence-corrected chi connectivity index (χ2v) is 6.33. The average molecular weight is 446 g/mol. The van der Waals surface area contributed by atoms with Crippen molar-refractivity contribution in [3.63, 3.8) is 0 Å². The number of pyridine rings is 2. The monoisotopic (exact) mass is 444 g/mol. The molecule has 0 aliphatic rings. The number of aliphatic hydroxyl groups excluding tert-OH is 1. The van der Waals surface area contributed by atoms with Crippen LogP contribution in [-0.4, -0.2) is 34.3 Å². The van der Waals surface area contributed by atoms with Crippen molar-refractivity contribution in [3.8, 4) is 0 Å². The van der Waals surface area contributed by atoms with Gasteiger partial charge in [-0.2, -0.15) is 0 Å². The number of ether oxygens (including phenoxy) is 1. The van der Waals surface area contributed by atoms with Crippen molar-refractivity contribution in [1.82, 2.24) is 9.97 Å². The summed E-state index contributed by atoms with van der Waals surface area (Å²) >= 11 is 6.56. The summed E-state index contributed by atoms with van der Waals surface area (Å²) in [6, 6.07) is 7.61. The summed E-state index contributed by atoms with van der Waals surface area (Å²) in [5, 5.41) is 8.54. The first-order valence-electron chi connectivity index (χ1n) is 6.96. The Kier molecular flexibility index (Phi) is 9.66. The molecule has 7 heteroatoms. The Morgan fingerprint density at radius 1 is 1.04 bits per heavy atom. The van der Waals surface area contributed by atoms with E-state index in [-0.39, 0.29) is 12.6 Å². The number of hydrogen-bond donors (Lipinski definition) is 1. The molecule has 2 aromatic heterocycles. The van der Waals surface area contributed by atoms with E-state index in [0.717, 1.165) is 20.3 Å². The zero-order valence-electron chi connectivity index (χ0n) is 12.7. The van der Waals surface area contributed by atoms with Crippen LogP contribution in [-0.2, 0) is 22.4 Å². The third-order valence-corrected chi connectivity index (χ3v) is 3.55. The zero-order chi connectivity index (χ0) is 17.1. The molecule has 0 aliphatic heterocycles. The van der Waals surface area contributed by atoms with Gasteiger partial charge >= 0.3 is 5.97 Å². The first kappa shape index (κ1) is 19.7. The van der Waals surface area contributed by atoms with E-state index >= 15 is 0 Å². The average Bonchev–Trinajstić information content (AvgIpc) is 2.52. The zero-order valence-corrected chi connectivity index (χ0v) is 15.9. The number of aromatic nitrogens is 2. The number of halogens is 2. The SMILES string of the molecule is CC(=O)OCCc1ccc(Br)cn1.OCCc1ccc(Br)cn1. The van der Waals surface area contributed by atoms with Gasteiger partial charge in [-0.3, -0.25) is 14.8 Å². The molecule has 0 saturated heterocycles. The van der Waals surface area contributed by atoms with Crippen molar-refractivity contribution in [2.75, 3.05) is 13.2 Å². The minimum Gasteiger partial charge on any atom is -0.465 e. The fourth-order valence-electron chi connectivity index (χ4n) is 1.52. The molecule has 5 nitrogen and oxygen atoms in total. The Hall–Kier alpha value is -1.31. The van der Waals surface area contributed by atoms with Crippen molar-refractivity contribution in [1.29, 1.82) is 0 Å². The van der Waals surface area contributed by atoms with E-state index in [2.05, 4.69) is 41.8 Å². The lowest BCUT2D eigenvalue weighted by molar-refractivity contribution is -0.140. The maximum atomic E-state index is 10.4. The Labute approximate surface area is 152 Å². The van der Waals surface area contributed by atoms with Gasteiger partial charge in [-0.1, -0.05) is 0 Å². The summed E-state index contributed by atoms with van der Waals surface area (Å²) in [6.07, 6.45) is 4.74. The normalized spacial score (nSPS) is 9.74. The van der Waals surface area contributed by atoms with Gasteiger partial charge in [0.05, 0.1) is 6.61 Å². The molecule has 0 fully saturated rings. The molecule has 0 aliphatic carbocycles. The quantitative estimate of drug-likeness (QED) is 0.714. The van der Waals surface area contributed by atoms with Crippen LogP contribution in [0.25, 0.3) is 0 Å². The van der Waals surface area contributed by atoms with Gasteiger partial charge in [-0.05, 0) is 56.1 Å². The van der Waals surface area contributed by atoms with Crippen LogP contribution in [0.15, 0.2) is 45.6 Å². The largest absolute Gasteiger partial charge is 0.465 e. The summed E-state index contributed by atoms with van der Waals surface area (Å²) in [4.78, 5) is 18.6. The first-order valence-corrected chi connectivity index (χ1v) is 8.55. The van der Waals surface area contributed by atoms with Crippen LogP contribution in [0, 0.1) is 0 Å². The molecule has 124 valence electrons. The molecule has 0 bridgehead atoms. The molecule has 23 heavy (non-hydrogen) atoms. The fraction of sp³-hybridized carbons (Fsp3) is 0.312. The van der Waals surface area contributed by atoms with Gasteiger partial charge in [0, 0.05) is 59.1 Å². The highest BCUT2D eigenvalue weighted by Gasteiger charge is 1.96. The van der Waals surface area contributed by atoms with Crippen LogP contribution in [0.5, 0.6) is 0 Å². The Bertz CT molecular complexity index is 589. The number of carbonyl (C=O) groups is 1. The molecule has 1 N–H and O–H groups in total. The predicted molar refractivity (Wildman–Crippen MR) is 95.0 cm³/mol. The molecule has 0 saturated carbocycles. The molecular formula is C16H18Br2N2O3. The summed E-state index contributed by atoms with van der Waals surface area (Å²) in [6.45, 7) is 1.95. The highest BCUT2D eigenvalue weighted by atomic mass is 79.9. The van der Waals surface area contributed by atoms with Gasteiger partial charge < -0.3 is 9.84 Å². The van der Waals surface area contributed by atoms with Crippen LogP contribution in [0.2, 0.25) is 0 Å². The van der Waals surface area contributed by atoms with E-state index in [4.69, 9.17) is 9.84 Å². The Morgan fingerprint density at radius 3 is 1.96 bits per heavy atom. The Balaban J connectivity index is 0.000000238. The lowest BCUT2D eigenvalue weighted by Crippen LogP contribution is -2.04. The molecule has 0 unspecified atom stereocenters. The molecular weight excluding hydrogens is 428 g/mol. The number of esters is 1. The minimum atomic E-state index is -0.253. The van der Waals surface area contributed by atoms with Crippen LogP contribution < -0.4 is 0 Å². The van der Waals surface area contributed by atoms with Gasteiger partial charge in [-0.15, -0.1) is 0 Å².